The molecule has 4 nitrogen and oxygen atoms in total. The molecule has 1 unspecified atom stereocenters. The van der Waals surface area contributed by atoms with Crippen molar-refractivity contribution in [3.8, 4) is 0 Å². The van der Waals surface area contributed by atoms with E-state index in [1.807, 2.05) is 18.2 Å². The third kappa shape index (κ3) is 2.60. The third-order valence-corrected chi connectivity index (χ3v) is 4.51. The highest BCUT2D eigenvalue weighted by Gasteiger charge is 2.32. The fourth-order valence-electron chi connectivity index (χ4n) is 2.63. The first-order chi connectivity index (χ1) is 9.70. The molecule has 0 bridgehead atoms. The molecule has 1 aromatic heterocycles. The van der Waals surface area contributed by atoms with Crippen LogP contribution in [0.3, 0.4) is 0 Å². The maximum Gasteiger partial charge on any atom is 0.253 e. The molecule has 106 valence electrons. The van der Waals surface area contributed by atoms with Gasteiger partial charge in [-0.3, -0.25) is 4.79 Å². The average Bonchev–Trinajstić information content (AvgIpc) is 3.18. The summed E-state index contributed by atoms with van der Waals surface area (Å²) < 4.78 is 0.909. The van der Waals surface area contributed by atoms with Crippen LogP contribution in [0.25, 0.3) is 10.9 Å². The van der Waals surface area contributed by atoms with E-state index in [4.69, 9.17) is 5.11 Å². The van der Waals surface area contributed by atoms with Crippen LogP contribution in [-0.2, 0) is 0 Å². The van der Waals surface area contributed by atoms with Gasteiger partial charge in [-0.15, -0.1) is 0 Å². The van der Waals surface area contributed by atoms with E-state index in [2.05, 4.69) is 26.2 Å². The van der Waals surface area contributed by atoms with Gasteiger partial charge in [-0.05, 0) is 37.3 Å². The molecule has 1 saturated carbocycles. The van der Waals surface area contributed by atoms with Crippen LogP contribution in [0.5, 0.6) is 0 Å². The fraction of sp³-hybridized carbons (Fsp3) is 0.400. The highest BCUT2D eigenvalue weighted by molar-refractivity contribution is 9.10. The second kappa shape index (κ2) is 5.58. The van der Waals surface area contributed by atoms with Gasteiger partial charge in [0.05, 0.1) is 5.56 Å². The van der Waals surface area contributed by atoms with Crippen LogP contribution < -0.4 is 5.32 Å². The van der Waals surface area contributed by atoms with Crippen LogP contribution in [0.2, 0.25) is 0 Å². The maximum absolute atomic E-state index is 12.5. The number of benzene rings is 1. The van der Waals surface area contributed by atoms with Crippen molar-refractivity contribution >= 4 is 32.7 Å². The van der Waals surface area contributed by atoms with Gasteiger partial charge in [0.2, 0.25) is 0 Å². The van der Waals surface area contributed by atoms with Gasteiger partial charge in [0, 0.05) is 34.2 Å². The Morgan fingerprint density at radius 2 is 2.30 bits per heavy atom. The number of aliphatic hydroxyl groups excluding tert-OH is 1. The zero-order valence-corrected chi connectivity index (χ0v) is 12.6. The Morgan fingerprint density at radius 3 is 3.00 bits per heavy atom. The molecule has 0 spiro atoms. The van der Waals surface area contributed by atoms with E-state index in [9.17, 15) is 4.79 Å². The number of fused-ring (bicyclic) bond motifs is 1. The van der Waals surface area contributed by atoms with Crippen LogP contribution >= 0.6 is 15.9 Å². The second-order valence-corrected chi connectivity index (χ2v) is 6.15. The van der Waals surface area contributed by atoms with E-state index in [-0.39, 0.29) is 18.6 Å². The lowest BCUT2D eigenvalue weighted by atomic mass is 10.1. The highest BCUT2D eigenvalue weighted by atomic mass is 79.9. The molecule has 0 aliphatic heterocycles. The van der Waals surface area contributed by atoms with Crippen LogP contribution in [0.4, 0.5) is 0 Å². The first-order valence-corrected chi connectivity index (χ1v) is 7.67. The van der Waals surface area contributed by atoms with Crippen molar-refractivity contribution in [1.82, 2.24) is 10.3 Å². The molecule has 20 heavy (non-hydrogen) atoms. The summed E-state index contributed by atoms with van der Waals surface area (Å²) in [6.07, 6.45) is 4.65. The molecule has 0 radical (unpaired) electrons. The number of hydrogen-bond acceptors (Lipinski definition) is 2. The predicted octanol–water partition coefficient (Wildman–Crippen LogP) is 2.82. The zero-order chi connectivity index (χ0) is 14.1. The molecule has 1 aromatic carbocycles. The molecule has 1 aliphatic rings. The third-order valence-electron chi connectivity index (χ3n) is 3.85. The van der Waals surface area contributed by atoms with Gasteiger partial charge in [0.1, 0.15) is 0 Å². The van der Waals surface area contributed by atoms with E-state index < -0.39 is 0 Å². The summed E-state index contributed by atoms with van der Waals surface area (Å²) in [5.41, 5.74) is 1.59. The first kappa shape index (κ1) is 13.6. The van der Waals surface area contributed by atoms with Gasteiger partial charge in [0.15, 0.2) is 0 Å². The summed E-state index contributed by atoms with van der Waals surface area (Å²) in [6.45, 7) is 0.110. The normalized spacial score (nSPS) is 16.3. The van der Waals surface area contributed by atoms with E-state index in [0.29, 0.717) is 17.9 Å². The molecule has 1 amide bonds. The largest absolute Gasteiger partial charge is 0.396 e. The quantitative estimate of drug-likeness (QED) is 0.786. The van der Waals surface area contributed by atoms with Gasteiger partial charge in [-0.1, -0.05) is 22.0 Å². The van der Waals surface area contributed by atoms with Crippen LogP contribution in [0, 0.1) is 5.92 Å². The number of H-pyrrole nitrogens is 1. The van der Waals surface area contributed by atoms with E-state index in [1.165, 1.54) is 0 Å². The van der Waals surface area contributed by atoms with E-state index >= 15 is 0 Å². The molecular weight excluding hydrogens is 320 g/mol. The summed E-state index contributed by atoms with van der Waals surface area (Å²) >= 11 is 3.49. The Labute approximate surface area is 125 Å². The van der Waals surface area contributed by atoms with Crippen LogP contribution in [0.1, 0.15) is 29.6 Å². The second-order valence-electron chi connectivity index (χ2n) is 5.29. The zero-order valence-electron chi connectivity index (χ0n) is 11.0. The summed E-state index contributed by atoms with van der Waals surface area (Å²) in [6, 6.07) is 5.89. The van der Waals surface area contributed by atoms with Crippen molar-refractivity contribution < 1.29 is 9.90 Å². The monoisotopic (exact) mass is 336 g/mol. The minimum atomic E-state index is -0.0755. The molecule has 1 heterocycles. The Balaban J connectivity index is 1.85. The smallest absolute Gasteiger partial charge is 0.253 e. The Kier molecular flexibility index (Phi) is 3.81. The number of rotatable bonds is 5. The van der Waals surface area contributed by atoms with Crippen LogP contribution in [0.15, 0.2) is 28.9 Å². The van der Waals surface area contributed by atoms with Crippen molar-refractivity contribution in [2.75, 3.05) is 6.61 Å². The maximum atomic E-state index is 12.5. The summed E-state index contributed by atoms with van der Waals surface area (Å²) in [4.78, 5) is 15.6. The number of amides is 1. The molecule has 3 N–H and O–H groups in total. The number of carbonyl (C=O) groups excluding carboxylic acids is 1. The lowest BCUT2D eigenvalue weighted by molar-refractivity contribution is 0.0926. The lowest BCUT2D eigenvalue weighted by Gasteiger charge is -2.16. The van der Waals surface area contributed by atoms with E-state index in [0.717, 1.165) is 28.2 Å². The van der Waals surface area contributed by atoms with Crippen LogP contribution in [-0.4, -0.2) is 28.6 Å². The van der Waals surface area contributed by atoms with Crippen molar-refractivity contribution in [3.05, 3.63) is 34.4 Å². The number of hydrogen-bond donors (Lipinski definition) is 3. The van der Waals surface area contributed by atoms with Gasteiger partial charge < -0.3 is 15.4 Å². The Morgan fingerprint density at radius 1 is 1.50 bits per heavy atom. The van der Waals surface area contributed by atoms with Crippen molar-refractivity contribution in [2.45, 2.75) is 25.3 Å². The molecule has 1 atom stereocenters. The minimum Gasteiger partial charge on any atom is -0.396 e. The average molecular weight is 337 g/mol. The number of carbonyl (C=O) groups is 1. The molecule has 2 aromatic rings. The SMILES string of the molecule is O=C(NC(CCO)C1CC1)c1c[nH]c2cccc(Br)c12. The highest BCUT2D eigenvalue weighted by Crippen LogP contribution is 2.34. The molecule has 3 rings (SSSR count). The number of aliphatic hydroxyl groups is 1. The van der Waals surface area contributed by atoms with Crippen molar-refractivity contribution in [2.24, 2.45) is 5.92 Å². The summed E-state index contributed by atoms with van der Waals surface area (Å²) in [5, 5.41) is 13.1. The van der Waals surface area contributed by atoms with Crippen molar-refractivity contribution in [3.63, 3.8) is 0 Å². The Bertz CT molecular complexity index is 634. The summed E-state index contributed by atoms with van der Waals surface area (Å²) in [5.74, 6) is 0.452. The predicted molar refractivity (Wildman–Crippen MR) is 81.7 cm³/mol. The number of halogens is 1. The summed E-state index contributed by atoms with van der Waals surface area (Å²) in [7, 11) is 0. The standard InChI is InChI=1S/C15H17BrN2O2/c16-11-2-1-3-13-14(11)10(8-17-13)15(20)18-12(6-7-19)9-4-5-9/h1-3,8-9,12,17,19H,4-7H2,(H,18,20). The topological polar surface area (TPSA) is 65.1 Å². The van der Waals surface area contributed by atoms with E-state index in [1.54, 1.807) is 6.20 Å². The van der Waals surface area contributed by atoms with Crippen molar-refractivity contribution in [1.29, 1.82) is 0 Å². The molecular formula is C15H17BrN2O2. The first-order valence-electron chi connectivity index (χ1n) is 6.88. The van der Waals surface area contributed by atoms with Gasteiger partial charge in [-0.2, -0.15) is 0 Å². The van der Waals surface area contributed by atoms with Gasteiger partial charge >= 0.3 is 0 Å². The number of nitrogens with one attached hydrogen (secondary N) is 2. The number of aromatic amines is 1. The number of aromatic nitrogens is 1. The molecule has 1 fully saturated rings. The molecule has 0 saturated heterocycles. The minimum absolute atomic E-state index is 0.0755. The fourth-order valence-corrected chi connectivity index (χ4v) is 3.21. The lowest BCUT2D eigenvalue weighted by Crippen LogP contribution is -2.37. The Hall–Kier alpha value is -1.33. The molecule has 5 heteroatoms. The molecule has 1 aliphatic carbocycles. The van der Waals surface area contributed by atoms with Gasteiger partial charge in [-0.25, -0.2) is 0 Å². The van der Waals surface area contributed by atoms with Gasteiger partial charge in [0.25, 0.3) is 5.91 Å².